The minimum atomic E-state index is 0. The second kappa shape index (κ2) is 213. The van der Waals surface area contributed by atoms with E-state index in [1.807, 2.05) is 0 Å². The van der Waals surface area contributed by atoms with Crippen molar-refractivity contribution in [2.75, 3.05) is 0 Å². The van der Waals surface area contributed by atoms with E-state index in [-0.39, 0.29) is 178 Å². The van der Waals surface area contributed by atoms with Crippen LogP contribution < -0.4 is 0 Å². The molecule has 0 rings (SSSR count). The molecule has 0 amide bonds. The zero-order valence-electron chi connectivity index (χ0n) is 5.37. The van der Waals surface area contributed by atoms with Gasteiger partial charge in [0.05, 0.1) is 0 Å². The summed E-state index contributed by atoms with van der Waals surface area (Å²) < 4.78 is 0. The van der Waals surface area contributed by atoms with E-state index < -0.39 is 0 Å². The monoisotopic (exact) mass is 626 g/mol. The zero-order chi connectivity index (χ0) is 0. The third kappa shape index (κ3) is 186. The van der Waals surface area contributed by atoms with Gasteiger partial charge in [-0.2, -0.15) is 0 Å². The summed E-state index contributed by atoms with van der Waals surface area (Å²) in [7, 11) is 0. The number of hydrogen-bond donors (Lipinski definition) is 0. The van der Waals surface area contributed by atoms with Crippen LogP contribution in [0.15, 0.2) is 0 Å². The molecule has 13 heteroatoms. The van der Waals surface area contributed by atoms with Gasteiger partial charge in [-0.3, -0.25) is 0 Å². The predicted molar refractivity (Wildman–Crippen MR) is 4.81 cm³/mol. The molecule has 0 atom stereocenters. The molecular weight excluding hydrogens is 627 g/mol. The van der Waals surface area contributed by atoms with Crippen LogP contribution in [0.2, 0.25) is 0 Å². The second-order valence-corrected chi connectivity index (χ2v) is 0. The largest absolute Gasteiger partial charge is 3.00 e. The molecule has 0 spiro atoms. The molecule has 4 radical (unpaired) electrons. The molecule has 0 unspecified atom stereocenters. The second-order valence-electron chi connectivity index (χ2n) is 0. The van der Waals surface area contributed by atoms with Gasteiger partial charge in [-0.25, -0.2) is 0 Å². The summed E-state index contributed by atoms with van der Waals surface area (Å²) in [6.07, 6.45) is 0. The Balaban J connectivity index is 0. The van der Waals surface area contributed by atoms with E-state index in [0.29, 0.717) is 0 Å². The predicted octanol–water partition coefficient (Wildman–Crippen LogP) is -0.842. The summed E-state index contributed by atoms with van der Waals surface area (Å²) in [5.74, 6) is 0. The third-order valence-corrected chi connectivity index (χ3v) is 0. The summed E-state index contributed by atoms with van der Waals surface area (Å²) in [5, 5.41) is 0. The average Bonchev–Trinajstić information content (AvgIpc) is 0. The normalized spacial score (nSPS) is 0. The molecule has 0 heterocycles. The van der Waals surface area contributed by atoms with Crippen molar-refractivity contribution in [3.63, 3.8) is 0 Å². The van der Waals surface area contributed by atoms with Gasteiger partial charge in [0.1, 0.15) is 0 Å². The summed E-state index contributed by atoms with van der Waals surface area (Å²) in [6, 6.07) is 0. The quantitative estimate of drug-likeness (QED) is 0.302. The zero-order valence-corrected chi connectivity index (χ0v) is 16.9. The summed E-state index contributed by atoms with van der Waals surface area (Å²) in [6.45, 7) is 0. The molecule has 0 saturated carbocycles. The van der Waals surface area contributed by atoms with Gasteiger partial charge in [0.25, 0.3) is 0 Å². The van der Waals surface area contributed by atoms with Gasteiger partial charge in [0, 0.05) is 0 Å². The maximum absolute atomic E-state index is 0. The van der Waals surface area contributed by atoms with E-state index in [1.165, 1.54) is 0 Å². The van der Waals surface area contributed by atoms with Crippen LogP contribution in [-0.4, -0.2) is 0 Å². The van der Waals surface area contributed by atoms with Crippen molar-refractivity contribution in [3.8, 4) is 0 Å². The molecule has 13 heavy (non-hydrogen) atoms. The van der Waals surface area contributed by atoms with Crippen molar-refractivity contribution in [2.45, 2.75) is 0 Å². The smallest absolute Gasteiger partial charge is 2.00 e. The fourth-order valence-corrected chi connectivity index (χ4v) is 0. The summed E-state index contributed by atoms with van der Waals surface area (Å²) in [5.41, 5.74) is 0. The van der Waals surface area contributed by atoms with Gasteiger partial charge in [0.2, 0.25) is 0 Å². The molecule has 0 saturated heterocycles. The van der Waals surface area contributed by atoms with Crippen LogP contribution >= 0.6 is 0 Å². The molecule has 0 N–H and O–H groups in total. The van der Waals surface area contributed by atoms with Gasteiger partial charge < -0.3 is 38.3 Å². The Morgan fingerprint density at radius 3 is 0.308 bits per heavy atom. The van der Waals surface area contributed by atoms with Crippen molar-refractivity contribution in [2.24, 2.45) is 0 Å². The number of hydrogen-bond acceptors (Lipinski definition) is 0. The first kappa shape index (κ1) is 257. The fourth-order valence-electron chi connectivity index (χ4n) is 0. The molecule has 0 fully saturated rings. The van der Waals surface area contributed by atoms with Crippen LogP contribution in [0, 0.1) is 71.2 Å². The third-order valence-electron chi connectivity index (χ3n) is 0. The van der Waals surface area contributed by atoms with Crippen molar-refractivity contribution in [3.05, 3.63) is 0 Å². The molecule has 0 aliphatic heterocycles. The SMILES string of the molecule is [Cu+2].[Cu+2].[La+3].[La+3].[Mn+2].[Mn+2].[O-2].[O-2].[O-2].[O-2].[O-2].[O-2].[O-2]. The van der Waals surface area contributed by atoms with Crippen LogP contribution in [0.1, 0.15) is 0 Å². The maximum atomic E-state index is 0. The van der Waals surface area contributed by atoms with E-state index in [4.69, 9.17) is 0 Å². The van der Waals surface area contributed by atoms with Crippen LogP contribution in [0.4, 0.5) is 0 Å². The van der Waals surface area contributed by atoms with Gasteiger partial charge in [-0.15, -0.1) is 0 Å². The molecule has 0 aromatic heterocycles. The molecule has 0 aliphatic rings. The Hall–Kier alpha value is 4.19. The first-order chi connectivity index (χ1) is 0. The Morgan fingerprint density at radius 1 is 0.308 bits per heavy atom. The Labute approximate surface area is 174 Å². The van der Waals surface area contributed by atoms with Crippen LogP contribution in [0.5, 0.6) is 0 Å². The van der Waals surface area contributed by atoms with Crippen LogP contribution in [-0.2, 0) is 107 Å². The fraction of sp³-hybridized carbons (Fsp3) is 0. The molecule has 0 aromatic rings. The average molecular weight is 627 g/mol. The van der Waals surface area contributed by atoms with E-state index in [9.17, 15) is 0 Å². The van der Waals surface area contributed by atoms with Gasteiger partial charge in [0.15, 0.2) is 0 Å². The Kier molecular flexibility index (Phi) is 4210. The summed E-state index contributed by atoms with van der Waals surface area (Å²) in [4.78, 5) is 0. The van der Waals surface area contributed by atoms with Gasteiger partial charge in [-0.1, -0.05) is 0 Å². The molecule has 7 nitrogen and oxygen atoms in total. The maximum Gasteiger partial charge on any atom is 3.00 e. The first-order valence-corrected chi connectivity index (χ1v) is 0. The molecule has 0 bridgehead atoms. The van der Waals surface area contributed by atoms with Crippen molar-refractivity contribution in [1.82, 2.24) is 0 Å². The van der Waals surface area contributed by atoms with Gasteiger partial charge in [-0.05, 0) is 0 Å². The number of rotatable bonds is 0. The van der Waals surface area contributed by atoms with Crippen molar-refractivity contribution in [1.29, 1.82) is 0 Å². The molecule has 84 valence electrons. The van der Waals surface area contributed by atoms with E-state index in [1.54, 1.807) is 0 Å². The topological polar surface area (TPSA) is 200 Å². The Bertz CT molecular complexity index is 22.5. The molecule has 0 aliphatic carbocycles. The van der Waals surface area contributed by atoms with Crippen LogP contribution in [0.3, 0.4) is 0 Å². The van der Waals surface area contributed by atoms with Crippen molar-refractivity contribution < 1.29 is 178 Å². The van der Waals surface area contributed by atoms with E-state index >= 15 is 0 Å². The molecular formula is Cu2La2Mn2O7. The van der Waals surface area contributed by atoms with Crippen molar-refractivity contribution >= 4 is 0 Å². The summed E-state index contributed by atoms with van der Waals surface area (Å²) >= 11 is 0. The standard InChI is InChI=1S/2Cu.2La.2Mn.7O/q2*+2;2*+3;2*+2;7*-2. The minimum Gasteiger partial charge on any atom is -2.00 e. The first-order valence-electron chi connectivity index (χ1n) is 0. The van der Waals surface area contributed by atoms with E-state index in [2.05, 4.69) is 0 Å². The van der Waals surface area contributed by atoms with E-state index in [0.717, 1.165) is 0 Å². The van der Waals surface area contributed by atoms with Crippen LogP contribution in [0.25, 0.3) is 0 Å². The minimum absolute atomic E-state index is 0. The Morgan fingerprint density at radius 2 is 0.308 bits per heavy atom. The molecule has 0 aromatic carbocycles. The van der Waals surface area contributed by atoms with Gasteiger partial charge >= 0.3 is 139 Å².